The summed E-state index contributed by atoms with van der Waals surface area (Å²) in [4.78, 5) is 58.0. The van der Waals surface area contributed by atoms with Crippen LogP contribution in [0.25, 0.3) is 0 Å². The Morgan fingerprint density at radius 3 is 1.98 bits per heavy atom. The second-order valence-electron chi connectivity index (χ2n) is 16.1. The molecule has 1 aliphatic rings. The maximum Gasteiger partial charge on any atom is 0.333 e. The van der Waals surface area contributed by atoms with E-state index in [1.165, 1.54) is 19.1 Å². The zero-order valence-electron chi connectivity index (χ0n) is 35.3. The van der Waals surface area contributed by atoms with Gasteiger partial charge in [0.1, 0.15) is 17.4 Å². The molecule has 16 heteroatoms. The number of carbonyl (C=O) groups excluding carboxylic acids is 3. The molecule has 2 atom stereocenters. The number of aliphatic carboxylic acids is 1. The van der Waals surface area contributed by atoms with Crippen molar-refractivity contribution in [1.29, 1.82) is 0 Å². The monoisotopic (exact) mass is 853 g/mol. The van der Waals surface area contributed by atoms with Crippen LogP contribution in [0.1, 0.15) is 90.5 Å². The number of fused-ring (bicyclic) bond motifs is 1. The minimum atomic E-state index is -4.85. The van der Waals surface area contributed by atoms with Gasteiger partial charge in [0.05, 0.1) is 10.8 Å². The molecule has 0 fully saturated rings. The Balaban J connectivity index is 1.67. The Kier molecular flexibility index (Phi) is 13.8. The van der Waals surface area contributed by atoms with Gasteiger partial charge in [0.15, 0.2) is 11.5 Å². The summed E-state index contributed by atoms with van der Waals surface area (Å²) in [5.41, 5.74) is 18.1. The van der Waals surface area contributed by atoms with E-state index in [2.05, 4.69) is 15.6 Å². The number of amides is 4. The number of rotatable bonds is 16. The first kappa shape index (κ1) is 45.7. The summed E-state index contributed by atoms with van der Waals surface area (Å²) in [6, 6.07) is 21.0. The van der Waals surface area contributed by atoms with E-state index in [0.29, 0.717) is 52.0 Å². The lowest BCUT2D eigenvalue weighted by Gasteiger charge is -2.37. The molecule has 1 heterocycles. The zero-order valence-corrected chi connectivity index (χ0v) is 36.1. The SMILES string of the molecule is Cc1c(C)c(S(=O)(=O)N(C(=O)C(c2ccccc2)c2ccccc2)[C@H](CCCN=C(N)N)C(=O)NCc2ccc(C(C)(NC(N)=O)C(=O)O)cc2)c(C)c2c1OC(C)(C)CC2. The van der Waals surface area contributed by atoms with Gasteiger partial charge in [0.2, 0.25) is 11.8 Å². The Morgan fingerprint density at radius 1 is 0.885 bits per heavy atom. The van der Waals surface area contributed by atoms with Crippen LogP contribution in [0.15, 0.2) is 94.8 Å². The van der Waals surface area contributed by atoms with Crippen molar-refractivity contribution in [2.45, 2.75) is 102 Å². The molecule has 0 bridgehead atoms. The molecule has 0 spiro atoms. The van der Waals surface area contributed by atoms with Gasteiger partial charge in [0.25, 0.3) is 10.0 Å². The summed E-state index contributed by atoms with van der Waals surface area (Å²) in [5, 5.41) is 15.0. The molecule has 15 nitrogen and oxygen atoms in total. The van der Waals surface area contributed by atoms with E-state index in [1.807, 2.05) is 13.8 Å². The summed E-state index contributed by atoms with van der Waals surface area (Å²) in [5.74, 6) is -3.68. The van der Waals surface area contributed by atoms with E-state index in [0.717, 1.165) is 9.87 Å². The van der Waals surface area contributed by atoms with Gasteiger partial charge in [-0.1, -0.05) is 84.9 Å². The smallest absolute Gasteiger partial charge is 0.333 e. The number of primary amides is 1. The van der Waals surface area contributed by atoms with Crippen molar-refractivity contribution in [1.82, 2.24) is 14.9 Å². The molecule has 4 amide bonds. The Labute approximate surface area is 356 Å². The third-order valence-corrected chi connectivity index (χ3v) is 13.3. The lowest BCUT2D eigenvalue weighted by atomic mass is 9.88. The normalized spacial score (nSPS) is 14.7. The third kappa shape index (κ3) is 9.97. The van der Waals surface area contributed by atoms with Gasteiger partial charge in [-0.3, -0.25) is 14.6 Å². The molecule has 0 saturated carbocycles. The van der Waals surface area contributed by atoms with E-state index in [9.17, 15) is 19.5 Å². The molecule has 0 saturated heterocycles. The standard InChI is InChI=1S/C45H55N7O8S/c1-27-28(2)38(29(3)34-23-24-44(4,5)60-37(27)34)61(58,59)52(40(54)36(31-14-9-7-10-15-31)32-16-11-8-12-17-32)35(18-13-25-49-42(46)47)39(53)50-26-30-19-21-33(22-20-30)45(6,41(55)56)51-43(48)57/h7-12,14-17,19-22,35-36H,13,18,23-26H2,1-6H3,(H,50,53)(H,55,56)(H4,46,47,49)(H3,48,51,57)/t35-,45?/m1/s1. The van der Waals surface area contributed by atoms with E-state index in [1.54, 1.807) is 93.6 Å². The molecular formula is C45H55N7O8S. The lowest BCUT2D eigenvalue weighted by molar-refractivity contribution is -0.144. The number of aliphatic imine (C=N–C) groups is 1. The molecule has 0 radical (unpaired) electrons. The highest BCUT2D eigenvalue weighted by Crippen LogP contribution is 2.44. The molecule has 5 rings (SSSR count). The summed E-state index contributed by atoms with van der Waals surface area (Å²) < 4.78 is 38.6. The van der Waals surface area contributed by atoms with E-state index in [-0.39, 0.29) is 42.3 Å². The van der Waals surface area contributed by atoms with Gasteiger partial charge >= 0.3 is 12.0 Å². The molecule has 0 aliphatic carbocycles. The fraction of sp³-hybridized carbons (Fsp3) is 0.356. The van der Waals surface area contributed by atoms with Crippen LogP contribution in [0.5, 0.6) is 5.75 Å². The number of carboxylic acids is 1. The fourth-order valence-corrected chi connectivity index (χ4v) is 9.90. The number of urea groups is 1. The van der Waals surface area contributed by atoms with Crippen molar-refractivity contribution in [2.24, 2.45) is 22.2 Å². The first-order chi connectivity index (χ1) is 28.7. The van der Waals surface area contributed by atoms with Crippen LogP contribution in [0.2, 0.25) is 0 Å². The predicted octanol–water partition coefficient (Wildman–Crippen LogP) is 4.77. The highest BCUT2D eigenvalue weighted by Gasteiger charge is 2.45. The number of sulfonamides is 1. The van der Waals surface area contributed by atoms with Crippen molar-refractivity contribution >= 4 is 39.8 Å². The van der Waals surface area contributed by atoms with Crippen LogP contribution in [0.4, 0.5) is 4.79 Å². The molecule has 1 unspecified atom stereocenters. The Hall–Kier alpha value is -6.42. The van der Waals surface area contributed by atoms with Crippen molar-refractivity contribution in [3.63, 3.8) is 0 Å². The van der Waals surface area contributed by atoms with Crippen LogP contribution >= 0.6 is 0 Å². The molecular weight excluding hydrogens is 799 g/mol. The minimum Gasteiger partial charge on any atom is -0.487 e. The van der Waals surface area contributed by atoms with Crippen molar-refractivity contribution < 1.29 is 37.4 Å². The van der Waals surface area contributed by atoms with Crippen LogP contribution in [-0.2, 0) is 42.9 Å². The van der Waals surface area contributed by atoms with Crippen molar-refractivity contribution in [2.75, 3.05) is 6.54 Å². The molecule has 1 aliphatic heterocycles. The van der Waals surface area contributed by atoms with Gasteiger partial charge in [-0.05, 0) is 112 Å². The zero-order chi connectivity index (χ0) is 44.9. The van der Waals surface area contributed by atoms with Crippen LogP contribution in [-0.4, -0.2) is 65.8 Å². The number of carboxylic acid groups (broad SMARTS) is 1. The van der Waals surface area contributed by atoms with Gasteiger partial charge < -0.3 is 37.7 Å². The number of benzene rings is 4. The number of guanidine groups is 1. The number of nitrogens with one attached hydrogen (secondary N) is 2. The number of ether oxygens (including phenoxy) is 1. The lowest BCUT2D eigenvalue weighted by Crippen LogP contribution is -2.54. The Bertz CT molecular complexity index is 2380. The maximum absolute atomic E-state index is 15.7. The summed E-state index contributed by atoms with van der Waals surface area (Å²) in [6.07, 6.45) is 1.13. The molecule has 0 aromatic heterocycles. The van der Waals surface area contributed by atoms with Gasteiger partial charge in [0, 0.05) is 13.1 Å². The number of nitrogens with zero attached hydrogens (tertiary/aromatic N) is 2. The number of nitrogens with two attached hydrogens (primary N) is 3. The number of carbonyl (C=O) groups is 4. The first-order valence-electron chi connectivity index (χ1n) is 19.9. The molecule has 9 N–H and O–H groups in total. The molecule has 4 aromatic rings. The minimum absolute atomic E-state index is 0.0429. The number of hydrogen-bond acceptors (Lipinski definition) is 8. The fourth-order valence-electron chi connectivity index (χ4n) is 7.77. The first-order valence-corrected chi connectivity index (χ1v) is 21.4. The largest absolute Gasteiger partial charge is 0.487 e. The van der Waals surface area contributed by atoms with Gasteiger partial charge in [-0.2, -0.15) is 0 Å². The highest BCUT2D eigenvalue weighted by molar-refractivity contribution is 7.89. The average molecular weight is 854 g/mol. The maximum atomic E-state index is 15.7. The summed E-state index contributed by atoms with van der Waals surface area (Å²) >= 11 is 0. The van der Waals surface area contributed by atoms with Gasteiger partial charge in [-0.15, -0.1) is 0 Å². The third-order valence-electron chi connectivity index (χ3n) is 11.2. The highest BCUT2D eigenvalue weighted by atomic mass is 32.2. The second-order valence-corrected chi connectivity index (χ2v) is 17.8. The van der Waals surface area contributed by atoms with Crippen LogP contribution < -0.4 is 32.6 Å². The average Bonchev–Trinajstić information content (AvgIpc) is 3.20. The summed E-state index contributed by atoms with van der Waals surface area (Å²) in [7, 11) is -4.85. The molecule has 324 valence electrons. The van der Waals surface area contributed by atoms with Crippen LogP contribution in [0, 0.1) is 20.8 Å². The number of hydrogen-bond donors (Lipinski definition) is 6. The van der Waals surface area contributed by atoms with Gasteiger partial charge in [-0.25, -0.2) is 22.3 Å². The quantitative estimate of drug-likeness (QED) is 0.0512. The van der Waals surface area contributed by atoms with Crippen molar-refractivity contribution in [3.8, 4) is 5.75 Å². The van der Waals surface area contributed by atoms with Crippen molar-refractivity contribution in [3.05, 3.63) is 129 Å². The molecule has 4 aromatic carbocycles. The predicted molar refractivity (Wildman–Crippen MR) is 232 cm³/mol. The second kappa shape index (κ2) is 18.5. The van der Waals surface area contributed by atoms with E-state index >= 15 is 13.2 Å². The Morgan fingerprint density at radius 2 is 1.46 bits per heavy atom. The van der Waals surface area contributed by atoms with E-state index < -0.39 is 56.9 Å². The molecule has 61 heavy (non-hydrogen) atoms. The van der Waals surface area contributed by atoms with E-state index in [4.69, 9.17) is 21.9 Å². The summed E-state index contributed by atoms with van der Waals surface area (Å²) in [6.45, 7) is 10.3. The van der Waals surface area contributed by atoms with Crippen LogP contribution in [0.3, 0.4) is 0 Å². The topological polar surface area (TPSA) is 250 Å².